The molecule has 1 aromatic rings. The van der Waals surface area contributed by atoms with E-state index in [2.05, 4.69) is 24.3 Å². The van der Waals surface area contributed by atoms with Crippen molar-refractivity contribution in [1.29, 1.82) is 0 Å². The zero-order valence-corrected chi connectivity index (χ0v) is 10.9. The molecular formula is C17H22O. The summed E-state index contributed by atoms with van der Waals surface area (Å²) in [7, 11) is 0. The normalized spacial score (nSPS) is 38.9. The fourth-order valence-corrected chi connectivity index (χ4v) is 4.46. The minimum Gasteiger partial charge on any atom is -0.385 e. The Balaban J connectivity index is 1.67. The zero-order chi connectivity index (χ0) is 12.2. The number of hydrogen-bond donors (Lipinski definition) is 1. The van der Waals surface area contributed by atoms with E-state index in [-0.39, 0.29) is 0 Å². The Bertz CT molecular complexity index is 462. The van der Waals surface area contributed by atoms with Gasteiger partial charge in [-0.2, -0.15) is 0 Å². The Morgan fingerprint density at radius 3 is 2.61 bits per heavy atom. The maximum absolute atomic E-state index is 11.0. The number of hydrogen-bond acceptors (Lipinski definition) is 1. The molecule has 0 saturated heterocycles. The number of benzene rings is 1. The molecule has 4 rings (SSSR count). The van der Waals surface area contributed by atoms with Gasteiger partial charge in [-0.3, -0.25) is 0 Å². The maximum Gasteiger partial charge on any atom is 0.0927 e. The van der Waals surface area contributed by atoms with Crippen molar-refractivity contribution in [2.45, 2.75) is 56.5 Å². The molecule has 0 amide bonds. The first-order valence-electron chi connectivity index (χ1n) is 7.58. The van der Waals surface area contributed by atoms with Crippen LogP contribution in [0.1, 0.15) is 62.0 Å². The van der Waals surface area contributed by atoms with Crippen LogP contribution in [0.4, 0.5) is 0 Å². The number of fused-ring (bicyclic) bond motifs is 2. The predicted octanol–water partition coefficient (Wildman–Crippen LogP) is 3.96. The smallest absolute Gasteiger partial charge is 0.0927 e. The second kappa shape index (κ2) is 3.84. The van der Waals surface area contributed by atoms with Crippen molar-refractivity contribution >= 4 is 0 Å². The zero-order valence-electron chi connectivity index (χ0n) is 10.9. The highest BCUT2D eigenvalue weighted by atomic mass is 16.3. The average molecular weight is 242 g/mol. The molecule has 3 atom stereocenters. The molecule has 1 N–H and O–H groups in total. The van der Waals surface area contributed by atoms with Crippen molar-refractivity contribution in [3.8, 4) is 0 Å². The Labute approximate surface area is 109 Å². The third-order valence-electron chi connectivity index (χ3n) is 5.78. The van der Waals surface area contributed by atoms with Crippen molar-refractivity contribution in [1.82, 2.24) is 0 Å². The molecule has 3 saturated carbocycles. The van der Waals surface area contributed by atoms with Gasteiger partial charge >= 0.3 is 0 Å². The van der Waals surface area contributed by atoms with E-state index in [1.54, 1.807) is 0 Å². The molecule has 3 aliphatic rings. The summed E-state index contributed by atoms with van der Waals surface area (Å²) in [5, 5.41) is 11.0. The van der Waals surface area contributed by atoms with E-state index in [9.17, 15) is 5.11 Å². The molecule has 0 aliphatic heterocycles. The van der Waals surface area contributed by atoms with E-state index in [4.69, 9.17) is 0 Å². The largest absolute Gasteiger partial charge is 0.385 e. The van der Waals surface area contributed by atoms with E-state index in [0.717, 1.165) is 18.3 Å². The molecule has 0 aromatic heterocycles. The minimum absolute atomic E-state index is 0.497. The molecule has 1 nitrogen and oxygen atoms in total. The minimum atomic E-state index is -0.497. The fourth-order valence-electron chi connectivity index (χ4n) is 4.46. The summed E-state index contributed by atoms with van der Waals surface area (Å²) in [6.07, 6.45) is 8.89. The van der Waals surface area contributed by atoms with Crippen LogP contribution in [0.5, 0.6) is 0 Å². The van der Waals surface area contributed by atoms with Crippen molar-refractivity contribution in [2.24, 2.45) is 11.8 Å². The van der Waals surface area contributed by atoms with Gasteiger partial charge in [0.2, 0.25) is 0 Å². The first kappa shape index (κ1) is 11.0. The van der Waals surface area contributed by atoms with Crippen molar-refractivity contribution in [3.05, 3.63) is 35.4 Å². The number of aliphatic hydroxyl groups is 1. The van der Waals surface area contributed by atoms with Crippen LogP contribution in [-0.4, -0.2) is 5.11 Å². The molecule has 96 valence electrons. The molecule has 18 heavy (non-hydrogen) atoms. The van der Waals surface area contributed by atoms with Crippen LogP contribution in [-0.2, 0) is 5.60 Å². The summed E-state index contributed by atoms with van der Waals surface area (Å²) < 4.78 is 0. The van der Waals surface area contributed by atoms with Crippen LogP contribution in [0.2, 0.25) is 0 Å². The highest BCUT2D eigenvalue weighted by Crippen LogP contribution is 2.55. The monoisotopic (exact) mass is 242 g/mol. The van der Waals surface area contributed by atoms with Crippen molar-refractivity contribution < 1.29 is 5.11 Å². The van der Waals surface area contributed by atoms with Crippen LogP contribution in [0.25, 0.3) is 0 Å². The van der Waals surface area contributed by atoms with Gasteiger partial charge in [0.25, 0.3) is 0 Å². The van der Waals surface area contributed by atoms with Crippen LogP contribution < -0.4 is 0 Å². The van der Waals surface area contributed by atoms with Crippen molar-refractivity contribution in [2.75, 3.05) is 0 Å². The summed E-state index contributed by atoms with van der Waals surface area (Å²) in [5.74, 6) is 2.08. The Morgan fingerprint density at radius 1 is 1.11 bits per heavy atom. The van der Waals surface area contributed by atoms with E-state index >= 15 is 0 Å². The lowest BCUT2D eigenvalue weighted by Crippen LogP contribution is -2.32. The van der Waals surface area contributed by atoms with E-state index in [1.807, 2.05) is 0 Å². The van der Waals surface area contributed by atoms with Gasteiger partial charge in [-0.05, 0) is 67.4 Å². The molecule has 2 bridgehead atoms. The molecule has 0 heterocycles. The number of rotatable bonds is 2. The molecular weight excluding hydrogens is 220 g/mol. The van der Waals surface area contributed by atoms with E-state index in [0.29, 0.717) is 5.92 Å². The molecule has 3 fully saturated rings. The lowest BCUT2D eigenvalue weighted by molar-refractivity contribution is -0.0183. The average Bonchev–Trinajstić information content (AvgIpc) is 2.87. The van der Waals surface area contributed by atoms with Gasteiger partial charge < -0.3 is 5.11 Å². The third kappa shape index (κ3) is 1.50. The van der Waals surface area contributed by atoms with Crippen LogP contribution >= 0.6 is 0 Å². The second-order valence-electron chi connectivity index (χ2n) is 6.76. The Hall–Kier alpha value is -0.820. The molecule has 3 unspecified atom stereocenters. The van der Waals surface area contributed by atoms with Gasteiger partial charge in [0.1, 0.15) is 0 Å². The second-order valence-corrected chi connectivity index (χ2v) is 6.76. The Morgan fingerprint density at radius 2 is 2.00 bits per heavy atom. The maximum atomic E-state index is 11.0. The molecule has 1 aromatic carbocycles. The van der Waals surface area contributed by atoms with Crippen LogP contribution in [0.3, 0.4) is 0 Å². The highest BCUT2D eigenvalue weighted by Gasteiger charge is 2.50. The van der Waals surface area contributed by atoms with Gasteiger partial charge in [-0.15, -0.1) is 0 Å². The highest BCUT2D eigenvalue weighted by molar-refractivity contribution is 5.33. The van der Waals surface area contributed by atoms with Gasteiger partial charge in [0.05, 0.1) is 5.60 Å². The summed E-state index contributed by atoms with van der Waals surface area (Å²) in [5.41, 5.74) is 2.18. The molecule has 0 radical (unpaired) electrons. The molecule has 1 heteroatoms. The summed E-state index contributed by atoms with van der Waals surface area (Å²) >= 11 is 0. The summed E-state index contributed by atoms with van der Waals surface area (Å²) in [6, 6.07) is 8.88. The van der Waals surface area contributed by atoms with E-state index in [1.165, 1.54) is 49.7 Å². The first-order chi connectivity index (χ1) is 8.75. The van der Waals surface area contributed by atoms with Gasteiger partial charge in [-0.1, -0.05) is 30.7 Å². The summed E-state index contributed by atoms with van der Waals surface area (Å²) in [4.78, 5) is 0. The predicted molar refractivity (Wildman–Crippen MR) is 72.4 cm³/mol. The lowest BCUT2D eigenvalue weighted by Gasteiger charge is -2.34. The Kier molecular flexibility index (Phi) is 2.35. The SMILES string of the molecule is OC1(c2cccc(C3CCC3)c2)CC2CCC1C2. The van der Waals surface area contributed by atoms with Gasteiger partial charge in [0, 0.05) is 0 Å². The van der Waals surface area contributed by atoms with Gasteiger partial charge in [-0.25, -0.2) is 0 Å². The first-order valence-corrected chi connectivity index (χ1v) is 7.58. The van der Waals surface area contributed by atoms with Crippen LogP contribution in [0.15, 0.2) is 24.3 Å². The van der Waals surface area contributed by atoms with Crippen molar-refractivity contribution in [3.63, 3.8) is 0 Å². The topological polar surface area (TPSA) is 20.2 Å². The fraction of sp³-hybridized carbons (Fsp3) is 0.647. The molecule has 3 aliphatic carbocycles. The quantitative estimate of drug-likeness (QED) is 0.832. The van der Waals surface area contributed by atoms with E-state index < -0.39 is 5.60 Å². The lowest BCUT2D eigenvalue weighted by atomic mass is 9.75. The molecule has 0 spiro atoms. The van der Waals surface area contributed by atoms with Crippen LogP contribution in [0, 0.1) is 11.8 Å². The standard InChI is InChI=1S/C17H22O/c18-17(11-12-7-8-16(17)9-12)15-6-2-5-14(10-15)13-3-1-4-13/h2,5-6,10,12-13,16,18H,1,3-4,7-9,11H2. The summed E-state index contributed by atoms with van der Waals surface area (Å²) in [6.45, 7) is 0. The van der Waals surface area contributed by atoms with Gasteiger partial charge in [0.15, 0.2) is 0 Å². The third-order valence-corrected chi connectivity index (χ3v) is 5.78.